The molecule has 5 heteroatoms. The lowest BCUT2D eigenvalue weighted by Crippen LogP contribution is -2.49. The molecule has 78 valence electrons. The molecule has 0 bridgehead atoms. The third-order valence-electron chi connectivity index (χ3n) is 2.46. The fourth-order valence-corrected chi connectivity index (χ4v) is 1.65. The Morgan fingerprint density at radius 1 is 1.46 bits per heavy atom. The molecular formula is C8H14F3NO. The van der Waals surface area contributed by atoms with Crippen LogP contribution in [0.4, 0.5) is 13.2 Å². The Morgan fingerprint density at radius 2 is 2.08 bits per heavy atom. The van der Waals surface area contributed by atoms with Gasteiger partial charge < -0.3 is 5.11 Å². The van der Waals surface area contributed by atoms with E-state index in [1.165, 1.54) is 4.90 Å². The molecule has 0 aromatic carbocycles. The summed E-state index contributed by atoms with van der Waals surface area (Å²) < 4.78 is 36.1. The van der Waals surface area contributed by atoms with Crippen LogP contribution in [0.5, 0.6) is 0 Å². The highest BCUT2D eigenvalue weighted by atomic mass is 19.4. The summed E-state index contributed by atoms with van der Waals surface area (Å²) in [7, 11) is 0. The first-order chi connectivity index (χ1) is 5.90. The number of halogens is 3. The van der Waals surface area contributed by atoms with Gasteiger partial charge in [0, 0.05) is 6.04 Å². The lowest BCUT2D eigenvalue weighted by atomic mass is 10.0. The minimum atomic E-state index is -4.16. The number of rotatable bonds is 1. The molecule has 0 spiro atoms. The van der Waals surface area contributed by atoms with E-state index in [2.05, 4.69) is 0 Å². The number of aliphatic hydroxyl groups is 1. The molecule has 2 nitrogen and oxygen atoms in total. The number of alkyl halides is 3. The summed E-state index contributed by atoms with van der Waals surface area (Å²) in [4.78, 5) is 1.29. The van der Waals surface area contributed by atoms with Crippen LogP contribution in [-0.2, 0) is 0 Å². The van der Waals surface area contributed by atoms with Crippen LogP contribution in [0.1, 0.15) is 19.8 Å². The number of aliphatic hydroxyl groups excluding tert-OH is 1. The average molecular weight is 197 g/mol. The first kappa shape index (κ1) is 10.8. The van der Waals surface area contributed by atoms with Crippen LogP contribution >= 0.6 is 0 Å². The second-order valence-electron chi connectivity index (χ2n) is 3.54. The van der Waals surface area contributed by atoms with E-state index >= 15 is 0 Å². The molecule has 1 aliphatic rings. The van der Waals surface area contributed by atoms with Crippen LogP contribution in [0.2, 0.25) is 0 Å². The summed E-state index contributed by atoms with van der Waals surface area (Å²) in [5, 5.41) is 9.34. The quantitative estimate of drug-likeness (QED) is 0.686. The molecule has 0 amide bonds. The largest absolute Gasteiger partial charge is 0.401 e. The Labute approximate surface area is 75.3 Å². The van der Waals surface area contributed by atoms with Crippen molar-refractivity contribution in [3.05, 3.63) is 0 Å². The zero-order valence-electron chi connectivity index (χ0n) is 7.51. The van der Waals surface area contributed by atoms with Gasteiger partial charge in [0.1, 0.15) is 0 Å². The van der Waals surface area contributed by atoms with Gasteiger partial charge in [-0.15, -0.1) is 0 Å². The van der Waals surface area contributed by atoms with Gasteiger partial charge in [-0.1, -0.05) is 0 Å². The molecule has 1 aliphatic heterocycles. The average Bonchev–Trinajstić information content (AvgIpc) is 1.96. The second kappa shape index (κ2) is 3.84. The van der Waals surface area contributed by atoms with Crippen LogP contribution in [0.25, 0.3) is 0 Å². The molecule has 1 heterocycles. The minimum absolute atomic E-state index is 0.379. The summed E-state index contributed by atoms with van der Waals surface area (Å²) in [5.41, 5.74) is 0. The Hall–Kier alpha value is -0.290. The summed E-state index contributed by atoms with van der Waals surface area (Å²) in [6.45, 7) is 1.15. The third-order valence-corrected chi connectivity index (χ3v) is 2.46. The van der Waals surface area contributed by atoms with Crippen molar-refractivity contribution in [1.29, 1.82) is 0 Å². The molecule has 0 aliphatic carbocycles. The maximum Gasteiger partial charge on any atom is 0.401 e. The SMILES string of the molecule is CC1C(O)CCCN1CC(F)(F)F. The number of nitrogens with zero attached hydrogens (tertiary/aromatic N) is 1. The normalized spacial score (nSPS) is 32.1. The summed E-state index contributed by atoms with van der Waals surface area (Å²) >= 11 is 0. The Bertz CT molecular complexity index is 171. The van der Waals surface area contributed by atoms with Gasteiger partial charge >= 0.3 is 6.18 Å². The van der Waals surface area contributed by atoms with Crippen molar-refractivity contribution in [3.8, 4) is 0 Å². The van der Waals surface area contributed by atoms with Crippen LogP contribution < -0.4 is 0 Å². The summed E-state index contributed by atoms with van der Waals surface area (Å²) in [5.74, 6) is 0. The van der Waals surface area contributed by atoms with Crippen molar-refractivity contribution in [3.63, 3.8) is 0 Å². The van der Waals surface area contributed by atoms with E-state index < -0.39 is 18.8 Å². The van der Waals surface area contributed by atoms with E-state index in [-0.39, 0.29) is 6.04 Å². The molecule has 0 aromatic heterocycles. The van der Waals surface area contributed by atoms with E-state index in [0.717, 1.165) is 0 Å². The van der Waals surface area contributed by atoms with E-state index in [1.807, 2.05) is 0 Å². The second-order valence-corrected chi connectivity index (χ2v) is 3.54. The highest BCUT2D eigenvalue weighted by molar-refractivity contribution is 4.81. The van der Waals surface area contributed by atoms with E-state index in [4.69, 9.17) is 0 Å². The van der Waals surface area contributed by atoms with E-state index in [1.54, 1.807) is 6.92 Å². The fraction of sp³-hybridized carbons (Fsp3) is 1.00. The first-order valence-corrected chi connectivity index (χ1v) is 4.39. The van der Waals surface area contributed by atoms with Crippen molar-refractivity contribution >= 4 is 0 Å². The molecule has 1 N–H and O–H groups in total. The van der Waals surface area contributed by atoms with Crippen LogP contribution in [0.3, 0.4) is 0 Å². The standard InChI is InChI=1S/C8H14F3NO/c1-6-7(13)3-2-4-12(6)5-8(9,10)11/h6-7,13H,2-5H2,1H3. The summed E-state index contributed by atoms with van der Waals surface area (Å²) in [6.07, 6.45) is -3.53. The molecular weight excluding hydrogens is 183 g/mol. The van der Waals surface area contributed by atoms with Crippen LogP contribution in [-0.4, -0.2) is 41.4 Å². The lowest BCUT2D eigenvalue weighted by molar-refractivity contribution is -0.158. The maximum atomic E-state index is 12.0. The topological polar surface area (TPSA) is 23.5 Å². The molecule has 0 aromatic rings. The number of hydrogen-bond donors (Lipinski definition) is 1. The maximum absolute atomic E-state index is 12.0. The molecule has 2 atom stereocenters. The fourth-order valence-electron chi connectivity index (χ4n) is 1.65. The van der Waals surface area contributed by atoms with Crippen LogP contribution in [0.15, 0.2) is 0 Å². The predicted octanol–water partition coefficient (Wildman–Crippen LogP) is 1.39. The molecule has 0 radical (unpaired) electrons. The van der Waals surface area contributed by atoms with Crippen molar-refractivity contribution in [2.45, 2.75) is 38.1 Å². The Kier molecular flexibility index (Phi) is 3.18. The van der Waals surface area contributed by atoms with Crippen LogP contribution in [0, 0.1) is 0 Å². The van der Waals surface area contributed by atoms with Gasteiger partial charge in [0.05, 0.1) is 12.6 Å². The molecule has 0 saturated carbocycles. The molecule has 1 saturated heterocycles. The highest BCUT2D eigenvalue weighted by Crippen LogP contribution is 2.23. The zero-order valence-corrected chi connectivity index (χ0v) is 7.51. The smallest absolute Gasteiger partial charge is 0.392 e. The number of piperidine rings is 1. The van der Waals surface area contributed by atoms with E-state index in [0.29, 0.717) is 19.4 Å². The van der Waals surface area contributed by atoms with Crippen molar-refractivity contribution in [2.24, 2.45) is 0 Å². The lowest BCUT2D eigenvalue weighted by Gasteiger charge is -2.37. The van der Waals surface area contributed by atoms with E-state index in [9.17, 15) is 18.3 Å². The third kappa shape index (κ3) is 3.15. The molecule has 1 fully saturated rings. The van der Waals surface area contributed by atoms with Gasteiger partial charge in [-0.25, -0.2) is 0 Å². The Balaban J connectivity index is 2.49. The summed E-state index contributed by atoms with van der Waals surface area (Å²) in [6, 6.07) is -0.379. The van der Waals surface area contributed by atoms with Crippen molar-refractivity contribution in [2.75, 3.05) is 13.1 Å². The van der Waals surface area contributed by atoms with Gasteiger partial charge in [-0.3, -0.25) is 4.90 Å². The van der Waals surface area contributed by atoms with Gasteiger partial charge in [-0.05, 0) is 26.3 Å². The highest BCUT2D eigenvalue weighted by Gasteiger charge is 2.36. The van der Waals surface area contributed by atoms with Crippen molar-refractivity contribution in [1.82, 2.24) is 4.90 Å². The molecule has 1 rings (SSSR count). The molecule has 2 unspecified atom stereocenters. The van der Waals surface area contributed by atoms with Crippen molar-refractivity contribution < 1.29 is 18.3 Å². The zero-order chi connectivity index (χ0) is 10.1. The minimum Gasteiger partial charge on any atom is -0.392 e. The van der Waals surface area contributed by atoms with Gasteiger partial charge in [-0.2, -0.15) is 13.2 Å². The molecule has 13 heavy (non-hydrogen) atoms. The van der Waals surface area contributed by atoms with Gasteiger partial charge in [0.25, 0.3) is 0 Å². The van der Waals surface area contributed by atoms with Gasteiger partial charge in [0.15, 0.2) is 0 Å². The Morgan fingerprint density at radius 3 is 2.62 bits per heavy atom. The predicted molar refractivity (Wildman–Crippen MR) is 42.3 cm³/mol. The van der Waals surface area contributed by atoms with Gasteiger partial charge in [0.2, 0.25) is 0 Å². The number of hydrogen-bond acceptors (Lipinski definition) is 2. The first-order valence-electron chi connectivity index (χ1n) is 4.39. The monoisotopic (exact) mass is 197 g/mol. The number of likely N-dealkylation sites (tertiary alicyclic amines) is 1.